The van der Waals surface area contributed by atoms with E-state index in [1.165, 1.54) is 6.92 Å². The van der Waals surface area contributed by atoms with E-state index in [0.717, 1.165) is 24.0 Å². The normalized spacial score (nSPS) is 19.3. The summed E-state index contributed by atoms with van der Waals surface area (Å²) in [6, 6.07) is 8.28. The van der Waals surface area contributed by atoms with Crippen molar-refractivity contribution in [1.82, 2.24) is 4.90 Å². The number of nitrogens with zero attached hydrogens (tertiary/aromatic N) is 1. The van der Waals surface area contributed by atoms with Gasteiger partial charge in [-0.1, -0.05) is 30.3 Å². The topological polar surface area (TPSA) is 137 Å². The van der Waals surface area contributed by atoms with Gasteiger partial charge in [0.15, 0.2) is 17.7 Å². The van der Waals surface area contributed by atoms with Crippen molar-refractivity contribution in [1.29, 1.82) is 0 Å². The summed E-state index contributed by atoms with van der Waals surface area (Å²) < 4.78 is 15.6. The lowest BCUT2D eigenvalue weighted by molar-refractivity contribution is -0.158. The summed E-state index contributed by atoms with van der Waals surface area (Å²) in [6.45, 7) is 4.46. The number of allylic oxidation sites excluding steroid dienone is 1. The first-order valence-electron chi connectivity index (χ1n) is 11.4. The number of imide groups is 1. The minimum atomic E-state index is -1.52. The Labute approximate surface area is 203 Å². The molecule has 1 aliphatic heterocycles. The maximum atomic E-state index is 13.2. The first kappa shape index (κ1) is 27.9. The molecular weight excluding hydrogens is 458 g/mol. The van der Waals surface area contributed by atoms with E-state index in [0.29, 0.717) is 12.0 Å². The number of cyclic esters (lactones) is 1. The number of aliphatic hydroxyl groups excluding tert-OH is 1. The molecule has 0 saturated carbocycles. The summed E-state index contributed by atoms with van der Waals surface area (Å²) in [6.07, 6.45) is -0.523. The predicted molar refractivity (Wildman–Crippen MR) is 123 cm³/mol. The second-order valence-electron chi connectivity index (χ2n) is 8.12. The average Bonchev–Trinajstić information content (AvgIpc) is 3.14. The van der Waals surface area contributed by atoms with Crippen LogP contribution < -0.4 is 0 Å². The van der Waals surface area contributed by atoms with Gasteiger partial charge in [-0.2, -0.15) is 0 Å². The van der Waals surface area contributed by atoms with Crippen LogP contribution in [0, 0.1) is 5.92 Å². The second kappa shape index (κ2) is 13.5. The van der Waals surface area contributed by atoms with Crippen LogP contribution in [-0.2, 0) is 33.4 Å². The lowest BCUT2D eigenvalue weighted by atomic mass is 9.96. The van der Waals surface area contributed by atoms with E-state index in [2.05, 4.69) is 0 Å². The zero-order valence-corrected chi connectivity index (χ0v) is 20.0. The highest BCUT2D eigenvalue weighted by atomic mass is 16.6. The Morgan fingerprint density at radius 3 is 2.46 bits per heavy atom. The number of hydrogen-bond acceptors (Lipinski definition) is 9. The quantitative estimate of drug-likeness (QED) is 0.251. The van der Waals surface area contributed by atoms with Gasteiger partial charge in [0.2, 0.25) is 5.91 Å². The molecule has 1 fully saturated rings. The molecule has 0 spiro atoms. The van der Waals surface area contributed by atoms with Gasteiger partial charge in [-0.25, -0.2) is 9.69 Å². The molecule has 2 rings (SSSR count). The number of benzene rings is 1. The molecule has 0 aromatic heterocycles. The van der Waals surface area contributed by atoms with Crippen molar-refractivity contribution >= 4 is 29.5 Å². The molecule has 4 atom stereocenters. The van der Waals surface area contributed by atoms with Crippen LogP contribution in [0.5, 0.6) is 0 Å². The molecular formula is C25H31NO9. The van der Waals surface area contributed by atoms with Crippen LogP contribution >= 0.6 is 0 Å². The standard InChI is InChI=1S/C25H31NO9/c1-16(24(31)26-17(2)23(35-25(26)32)19-8-5-4-6-9-19)22(34-18(3)28)21(30)12-11-20(29)10-7-14-33-15-13-27/h4-6,8-9,11-12,16-17,22-23,27H,7,10,13-15H2,1-3H3. The van der Waals surface area contributed by atoms with Gasteiger partial charge in [-0.05, 0) is 38.0 Å². The van der Waals surface area contributed by atoms with Gasteiger partial charge in [0.05, 0.1) is 25.2 Å². The Balaban J connectivity index is 2.08. The van der Waals surface area contributed by atoms with Crippen LogP contribution in [0.1, 0.15) is 45.3 Å². The second-order valence-corrected chi connectivity index (χ2v) is 8.12. The smallest absolute Gasteiger partial charge is 0.417 e. The van der Waals surface area contributed by atoms with E-state index >= 15 is 0 Å². The molecule has 1 aromatic rings. The minimum Gasteiger partial charge on any atom is -0.453 e. The predicted octanol–water partition coefficient (Wildman–Crippen LogP) is 2.15. The first-order valence-corrected chi connectivity index (χ1v) is 11.4. The number of carbonyl (C=O) groups excluding carboxylic acids is 5. The van der Waals surface area contributed by atoms with Gasteiger partial charge < -0.3 is 19.3 Å². The molecule has 190 valence electrons. The highest BCUT2D eigenvalue weighted by Crippen LogP contribution is 2.33. The molecule has 10 heteroatoms. The van der Waals surface area contributed by atoms with Gasteiger partial charge in [0.25, 0.3) is 0 Å². The average molecular weight is 490 g/mol. The van der Waals surface area contributed by atoms with Crippen molar-refractivity contribution in [2.24, 2.45) is 5.92 Å². The third kappa shape index (κ3) is 7.83. The highest BCUT2D eigenvalue weighted by molar-refractivity contribution is 6.04. The first-order chi connectivity index (χ1) is 16.7. The van der Waals surface area contributed by atoms with Crippen LogP contribution in [0.3, 0.4) is 0 Å². The molecule has 10 nitrogen and oxygen atoms in total. The minimum absolute atomic E-state index is 0.111. The van der Waals surface area contributed by atoms with E-state index in [1.54, 1.807) is 31.2 Å². The molecule has 35 heavy (non-hydrogen) atoms. The van der Waals surface area contributed by atoms with Gasteiger partial charge in [-0.15, -0.1) is 0 Å². The largest absolute Gasteiger partial charge is 0.453 e. The fourth-order valence-corrected chi connectivity index (χ4v) is 3.65. The number of aliphatic hydroxyl groups is 1. The van der Waals surface area contributed by atoms with Gasteiger partial charge >= 0.3 is 12.1 Å². The summed E-state index contributed by atoms with van der Waals surface area (Å²) in [4.78, 5) is 63.0. The number of amides is 2. The lowest BCUT2D eigenvalue weighted by Crippen LogP contribution is -2.47. The molecule has 1 saturated heterocycles. The molecule has 0 aliphatic carbocycles. The van der Waals surface area contributed by atoms with Crippen LogP contribution in [0.15, 0.2) is 42.5 Å². The molecule has 2 amide bonds. The van der Waals surface area contributed by atoms with E-state index < -0.39 is 47.9 Å². The Morgan fingerprint density at radius 1 is 1.14 bits per heavy atom. The van der Waals surface area contributed by atoms with Crippen molar-refractivity contribution in [3.05, 3.63) is 48.0 Å². The Kier molecular flexibility index (Phi) is 10.8. The highest BCUT2D eigenvalue weighted by Gasteiger charge is 2.47. The molecule has 1 heterocycles. The van der Waals surface area contributed by atoms with Crippen LogP contribution in [-0.4, -0.2) is 71.5 Å². The Morgan fingerprint density at radius 2 is 1.83 bits per heavy atom. The summed E-state index contributed by atoms with van der Waals surface area (Å²) in [5.41, 5.74) is 0.715. The number of carbonyl (C=O) groups is 5. The molecule has 1 aliphatic rings. The fourth-order valence-electron chi connectivity index (χ4n) is 3.65. The van der Waals surface area contributed by atoms with E-state index in [9.17, 15) is 24.0 Å². The van der Waals surface area contributed by atoms with Crippen molar-refractivity contribution in [2.75, 3.05) is 19.8 Å². The van der Waals surface area contributed by atoms with Crippen LogP contribution in [0.4, 0.5) is 4.79 Å². The van der Waals surface area contributed by atoms with Gasteiger partial charge in [0.1, 0.15) is 6.10 Å². The van der Waals surface area contributed by atoms with Crippen molar-refractivity contribution in [3.8, 4) is 0 Å². The van der Waals surface area contributed by atoms with E-state index in [-0.39, 0.29) is 32.0 Å². The summed E-state index contributed by atoms with van der Waals surface area (Å²) in [7, 11) is 0. The maximum absolute atomic E-state index is 13.2. The van der Waals surface area contributed by atoms with E-state index in [1.807, 2.05) is 6.07 Å². The van der Waals surface area contributed by atoms with Gasteiger partial charge in [-0.3, -0.25) is 19.2 Å². The lowest BCUT2D eigenvalue weighted by Gasteiger charge is -2.26. The monoisotopic (exact) mass is 489 g/mol. The number of esters is 1. The molecule has 1 aromatic carbocycles. The third-order valence-corrected chi connectivity index (χ3v) is 5.43. The zero-order valence-electron chi connectivity index (χ0n) is 20.0. The SMILES string of the molecule is CC(=O)OC(C(=O)C=CC(=O)CCCOCCO)C(C)C(=O)N1C(=O)OC(c2ccccc2)C1C. The number of hydrogen-bond donors (Lipinski definition) is 1. The number of ether oxygens (including phenoxy) is 3. The summed E-state index contributed by atoms with van der Waals surface area (Å²) >= 11 is 0. The molecule has 0 bridgehead atoms. The van der Waals surface area contributed by atoms with Crippen LogP contribution in [0.25, 0.3) is 0 Å². The van der Waals surface area contributed by atoms with Crippen molar-refractivity contribution in [2.45, 2.75) is 51.9 Å². The van der Waals surface area contributed by atoms with E-state index in [4.69, 9.17) is 19.3 Å². The Hall–Kier alpha value is -3.37. The number of rotatable bonds is 13. The maximum Gasteiger partial charge on any atom is 0.417 e. The number of ketones is 2. The fraction of sp³-hybridized carbons (Fsp3) is 0.480. The Bertz CT molecular complexity index is 944. The molecule has 0 radical (unpaired) electrons. The van der Waals surface area contributed by atoms with Crippen molar-refractivity contribution in [3.63, 3.8) is 0 Å². The van der Waals surface area contributed by atoms with Crippen molar-refractivity contribution < 1.29 is 43.3 Å². The van der Waals surface area contributed by atoms with Gasteiger partial charge in [0, 0.05) is 20.0 Å². The summed E-state index contributed by atoms with van der Waals surface area (Å²) in [5.74, 6) is -3.84. The zero-order chi connectivity index (χ0) is 26.0. The molecule has 4 unspecified atom stereocenters. The summed E-state index contributed by atoms with van der Waals surface area (Å²) in [5, 5.41) is 8.65. The van der Waals surface area contributed by atoms with Crippen LogP contribution in [0.2, 0.25) is 0 Å². The third-order valence-electron chi connectivity index (χ3n) is 5.43. The molecule has 1 N–H and O–H groups in total.